The molecule has 39 heavy (non-hydrogen) atoms. The number of H-pyrrole nitrogens is 1. The molecular formula is C29H17Br3ClN3O3. The van der Waals surface area contributed by atoms with Crippen molar-refractivity contribution in [1.29, 1.82) is 0 Å². The molecule has 1 aromatic heterocycles. The Kier molecular flexibility index (Phi) is 8.32. The normalized spacial score (nSPS) is 11.2. The van der Waals surface area contributed by atoms with Gasteiger partial charge in [-0.2, -0.15) is 5.10 Å². The molecule has 0 radical (unpaired) electrons. The van der Waals surface area contributed by atoms with E-state index in [4.69, 9.17) is 16.3 Å². The third-order valence-corrected chi connectivity index (χ3v) is 7.64. The summed E-state index contributed by atoms with van der Waals surface area (Å²) in [5, 5.41) is 5.49. The first kappa shape index (κ1) is 27.3. The molecule has 6 nitrogen and oxygen atoms in total. The van der Waals surface area contributed by atoms with E-state index in [0.717, 1.165) is 25.5 Å². The number of benzene rings is 4. The number of hydrazone groups is 1. The Hall–Kier alpha value is -3.24. The lowest BCUT2D eigenvalue weighted by Crippen LogP contribution is -2.19. The molecule has 4 aromatic carbocycles. The fraction of sp³-hybridized carbons (Fsp3) is 0. The topological polar surface area (TPSA) is 83.5 Å². The molecule has 0 aliphatic heterocycles. The van der Waals surface area contributed by atoms with Crippen LogP contribution in [0.4, 0.5) is 0 Å². The van der Waals surface area contributed by atoms with Crippen molar-refractivity contribution in [3.05, 3.63) is 120 Å². The smallest absolute Gasteiger partial charge is 0.343 e. The average Bonchev–Trinajstić information content (AvgIpc) is 3.32. The molecule has 2 N–H and O–H groups in total. The average molecular weight is 731 g/mol. The summed E-state index contributed by atoms with van der Waals surface area (Å²) in [6.07, 6.45) is 1.41. The monoisotopic (exact) mass is 727 g/mol. The molecule has 0 fully saturated rings. The van der Waals surface area contributed by atoms with Crippen molar-refractivity contribution in [2.24, 2.45) is 5.10 Å². The number of halogens is 4. The molecule has 194 valence electrons. The lowest BCUT2D eigenvalue weighted by molar-refractivity contribution is 0.0733. The van der Waals surface area contributed by atoms with Gasteiger partial charge >= 0.3 is 5.97 Å². The fourth-order valence-electron chi connectivity index (χ4n) is 3.99. The van der Waals surface area contributed by atoms with E-state index in [0.29, 0.717) is 31.8 Å². The molecule has 0 saturated heterocycles. The number of carbonyl (C=O) groups excluding carboxylic acids is 2. The summed E-state index contributed by atoms with van der Waals surface area (Å²) in [6, 6.07) is 25.4. The molecule has 0 bridgehead atoms. The van der Waals surface area contributed by atoms with Gasteiger partial charge in [0.1, 0.15) is 5.69 Å². The van der Waals surface area contributed by atoms with Crippen LogP contribution in [-0.2, 0) is 0 Å². The minimum atomic E-state index is -0.535. The molecule has 0 saturated carbocycles. The summed E-state index contributed by atoms with van der Waals surface area (Å²) in [6.45, 7) is 0. The molecular weight excluding hydrogens is 714 g/mol. The second-order valence-corrected chi connectivity index (χ2v) is 11.4. The summed E-state index contributed by atoms with van der Waals surface area (Å²) in [5.41, 5.74) is 5.98. The highest BCUT2D eigenvalue weighted by Crippen LogP contribution is 2.36. The standard InChI is InChI=1S/C29H17Br3ClN3O3/c30-19-11-9-17(10-12-19)29(38)39-27-18(13-20(31)14-22(27)32)15-34-36-28(37)26-24(16-5-2-1-3-6-16)21-7-4-8-23(33)25(21)35-26/h1-15,35H,(H,36,37). The largest absolute Gasteiger partial charge is 0.421 e. The van der Waals surface area contributed by atoms with Gasteiger partial charge in [0.25, 0.3) is 5.91 Å². The number of para-hydroxylation sites is 1. The number of hydrogen-bond donors (Lipinski definition) is 2. The van der Waals surface area contributed by atoms with Crippen molar-refractivity contribution >= 4 is 88.4 Å². The zero-order valence-corrected chi connectivity index (χ0v) is 25.4. The number of ether oxygens (including phenoxy) is 1. The predicted octanol–water partition coefficient (Wildman–Crippen LogP) is 8.76. The Bertz CT molecular complexity index is 1740. The number of rotatable bonds is 6. The number of esters is 1. The van der Waals surface area contributed by atoms with E-state index in [-0.39, 0.29) is 5.75 Å². The first-order chi connectivity index (χ1) is 18.8. The molecule has 1 heterocycles. The van der Waals surface area contributed by atoms with Crippen LogP contribution in [0.25, 0.3) is 22.0 Å². The summed E-state index contributed by atoms with van der Waals surface area (Å²) < 4.78 is 7.79. The van der Waals surface area contributed by atoms with Gasteiger partial charge < -0.3 is 9.72 Å². The summed E-state index contributed by atoms with van der Waals surface area (Å²) >= 11 is 16.7. The Morgan fingerprint density at radius 2 is 1.64 bits per heavy atom. The van der Waals surface area contributed by atoms with E-state index in [9.17, 15) is 9.59 Å². The van der Waals surface area contributed by atoms with E-state index in [2.05, 4.69) is 63.3 Å². The number of hydrogen-bond acceptors (Lipinski definition) is 4. The highest BCUT2D eigenvalue weighted by Gasteiger charge is 2.20. The van der Waals surface area contributed by atoms with Crippen LogP contribution in [0.3, 0.4) is 0 Å². The quantitative estimate of drug-likeness (QED) is 0.0794. The zero-order valence-electron chi connectivity index (χ0n) is 19.8. The van der Waals surface area contributed by atoms with Crippen molar-refractivity contribution in [2.75, 3.05) is 0 Å². The summed E-state index contributed by atoms with van der Waals surface area (Å²) in [7, 11) is 0. The van der Waals surface area contributed by atoms with E-state index in [1.165, 1.54) is 6.21 Å². The molecule has 1 amide bonds. The summed E-state index contributed by atoms with van der Waals surface area (Å²) in [4.78, 5) is 29.2. The van der Waals surface area contributed by atoms with E-state index in [1.807, 2.05) is 42.5 Å². The van der Waals surface area contributed by atoms with Gasteiger partial charge in [-0.25, -0.2) is 10.2 Å². The Labute approximate surface area is 253 Å². The van der Waals surface area contributed by atoms with Crippen molar-refractivity contribution in [1.82, 2.24) is 10.4 Å². The van der Waals surface area contributed by atoms with Gasteiger partial charge in [0.15, 0.2) is 5.75 Å². The number of nitrogens with zero attached hydrogens (tertiary/aromatic N) is 1. The zero-order chi connectivity index (χ0) is 27.5. The SMILES string of the molecule is O=C(Oc1c(Br)cc(Br)cc1C=NNC(=O)c1[nH]c2c(Cl)cccc2c1-c1ccccc1)c1ccc(Br)cc1. The maximum atomic E-state index is 13.3. The van der Waals surface area contributed by atoms with Gasteiger partial charge in [-0.1, -0.05) is 85.9 Å². The highest BCUT2D eigenvalue weighted by molar-refractivity contribution is 9.11. The number of fused-ring (bicyclic) bond motifs is 1. The van der Waals surface area contributed by atoms with Crippen molar-refractivity contribution in [2.45, 2.75) is 0 Å². The lowest BCUT2D eigenvalue weighted by atomic mass is 10.0. The van der Waals surface area contributed by atoms with Gasteiger partial charge in [0.2, 0.25) is 0 Å². The van der Waals surface area contributed by atoms with Crippen LogP contribution in [0, 0.1) is 0 Å². The maximum Gasteiger partial charge on any atom is 0.343 e. The van der Waals surface area contributed by atoms with Crippen molar-refractivity contribution in [3.8, 4) is 16.9 Å². The Balaban J connectivity index is 1.44. The van der Waals surface area contributed by atoms with Gasteiger partial charge in [-0.15, -0.1) is 0 Å². The number of amides is 1. The molecule has 0 aliphatic rings. The predicted molar refractivity (Wildman–Crippen MR) is 165 cm³/mol. The van der Waals surface area contributed by atoms with Crippen LogP contribution < -0.4 is 10.2 Å². The highest BCUT2D eigenvalue weighted by atomic mass is 79.9. The van der Waals surface area contributed by atoms with Crippen LogP contribution in [0.1, 0.15) is 26.4 Å². The lowest BCUT2D eigenvalue weighted by Gasteiger charge is -2.11. The third-order valence-electron chi connectivity index (χ3n) is 5.75. The minimum Gasteiger partial charge on any atom is -0.421 e. The molecule has 0 unspecified atom stereocenters. The van der Waals surface area contributed by atoms with Crippen LogP contribution in [0.2, 0.25) is 5.02 Å². The number of aromatic amines is 1. The maximum absolute atomic E-state index is 13.3. The van der Waals surface area contributed by atoms with Gasteiger partial charge in [0, 0.05) is 25.5 Å². The minimum absolute atomic E-state index is 0.256. The van der Waals surface area contributed by atoms with E-state index >= 15 is 0 Å². The number of aromatic nitrogens is 1. The summed E-state index contributed by atoms with van der Waals surface area (Å²) in [5.74, 6) is -0.738. The van der Waals surface area contributed by atoms with Crippen LogP contribution in [-0.4, -0.2) is 23.1 Å². The number of nitrogens with one attached hydrogen (secondary N) is 2. The van der Waals surface area contributed by atoms with Crippen LogP contribution in [0.5, 0.6) is 5.75 Å². The van der Waals surface area contributed by atoms with E-state index < -0.39 is 11.9 Å². The van der Waals surface area contributed by atoms with Crippen molar-refractivity contribution in [3.63, 3.8) is 0 Å². The molecule has 5 rings (SSSR count). The van der Waals surface area contributed by atoms with Crippen LogP contribution >= 0.6 is 59.4 Å². The first-order valence-corrected chi connectivity index (χ1v) is 14.2. The third kappa shape index (κ3) is 6.01. The molecule has 0 atom stereocenters. The molecule has 0 spiro atoms. The van der Waals surface area contributed by atoms with Gasteiger partial charge in [0.05, 0.1) is 26.8 Å². The Morgan fingerprint density at radius 1 is 0.897 bits per heavy atom. The van der Waals surface area contributed by atoms with Gasteiger partial charge in [-0.05, 0) is 64.0 Å². The van der Waals surface area contributed by atoms with Gasteiger partial charge in [-0.3, -0.25) is 4.79 Å². The van der Waals surface area contributed by atoms with E-state index in [1.54, 1.807) is 42.5 Å². The Morgan fingerprint density at radius 3 is 2.38 bits per heavy atom. The molecule has 0 aliphatic carbocycles. The second-order valence-electron chi connectivity index (χ2n) is 8.30. The fourth-order valence-corrected chi connectivity index (χ4v) is 5.82. The molecule has 5 aromatic rings. The second kappa shape index (κ2) is 11.9. The molecule has 10 heteroatoms. The van der Waals surface area contributed by atoms with Crippen LogP contribution in [0.15, 0.2) is 103 Å². The van der Waals surface area contributed by atoms with Crippen molar-refractivity contribution < 1.29 is 14.3 Å². The number of carbonyl (C=O) groups is 2. The first-order valence-electron chi connectivity index (χ1n) is 11.5.